The number of rotatable bonds is 5. The molecule has 1 amide bonds. The van der Waals surface area contributed by atoms with E-state index in [2.05, 4.69) is 10.3 Å². The van der Waals surface area contributed by atoms with Crippen LogP contribution in [0.3, 0.4) is 0 Å². The van der Waals surface area contributed by atoms with E-state index in [0.29, 0.717) is 6.61 Å². The summed E-state index contributed by atoms with van der Waals surface area (Å²) in [6.07, 6.45) is -0.480. The topological polar surface area (TPSA) is 77.0 Å². The molecule has 0 bridgehead atoms. The van der Waals surface area contributed by atoms with Crippen molar-refractivity contribution in [2.24, 2.45) is 10.9 Å². The number of carbonyl (C=O) groups excluding carboxylic acids is 2. The molecule has 0 spiro atoms. The highest BCUT2D eigenvalue weighted by atomic mass is 32.2. The zero-order valence-corrected chi connectivity index (χ0v) is 15.8. The lowest BCUT2D eigenvalue weighted by Crippen LogP contribution is -2.45. The van der Waals surface area contributed by atoms with Crippen molar-refractivity contribution in [1.82, 2.24) is 5.32 Å². The predicted octanol–water partition coefficient (Wildman–Crippen LogP) is 3.00. The molecule has 3 atom stereocenters. The van der Waals surface area contributed by atoms with Crippen LogP contribution in [0.15, 0.2) is 4.99 Å². The molecule has 1 rings (SSSR count). The molecule has 7 heteroatoms. The first kappa shape index (κ1) is 19.8. The van der Waals surface area contributed by atoms with Crippen molar-refractivity contribution in [3.8, 4) is 0 Å². The largest absolute Gasteiger partial charge is 0.464 e. The van der Waals surface area contributed by atoms with Gasteiger partial charge in [0.2, 0.25) is 0 Å². The van der Waals surface area contributed by atoms with Gasteiger partial charge < -0.3 is 14.8 Å². The van der Waals surface area contributed by atoms with Crippen LogP contribution in [0, 0.1) is 5.92 Å². The fourth-order valence-electron chi connectivity index (χ4n) is 2.10. The molecule has 1 N–H and O–H groups in total. The van der Waals surface area contributed by atoms with E-state index in [1.54, 1.807) is 6.92 Å². The van der Waals surface area contributed by atoms with E-state index >= 15 is 0 Å². The van der Waals surface area contributed by atoms with Crippen LogP contribution < -0.4 is 5.32 Å². The summed E-state index contributed by atoms with van der Waals surface area (Å²) in [4.78, 5) is 28.5. The number of hydrogen-bond acceptors (Lipinski definition) is 6. The van der Waals surface area contributed by atoms with Gasteiger partial charge in [-0.15, -0.1) is 11.8 Å². The normalized spacial score (nSPS) is 22.5. The molecule has 1 aliphatic heterocycles. The Morgan fingerprint density at radius 1 is 1.35 bits per heavy atom. The zero-order valence-electron chi connectivity index (χ0n) is 15.0. The quantitative estimate of drug-likeness (QED) is 0.776. The average Bonchev–Trinajstić information content (AvgIpc) is 2.75. The molecular weight excluding hydrogens is 316 g/mol. The standard InChI is InChI=1S/C16H28N2O4S/c1-8-21-14(19)12-10(4)23-13(17-12)11(9(2)3)18-15(20)22-16(5,6)7/h9-12H,8H2,1-7H3,(H,18,20)/t10?,11-,12?/m0/s1. The summed E-state index contributed by atoms with van der Waals surface area (Å²) in [5.41, 5.74) is -0.559. The Kier molecular flexibility index (Phi) is 6.92. The molecule has 1 aliphatic rings. The molecule has 0 aliphatic carbocycles. The van der Waals surface area contributed by atoms with Gasteiger partial charge >= 0.3 is 12.1 Å². The van der Waals surface area contributed by atoms with E-state index in [0.717, 1.165) is 5.04 Å². The van der Waals surface area contributed by atoms with Crippen LogP contribution in [-0.4, -0.2) is 46.6 Å². The summed E-state index contributed by atoms with van der Waals surface area (Å²) >= 11 is 1.50. The van der Waals surface area contributed by atoms with Gasteiger partial charge in [-0.3, -0.25) is 4.99 Å². The second-order valence-electron chi connectivity index (χ2n) is 6.86. The van der Waals surface area contributed by atoms with E-state index in [1.807, 2.05) is 41.5 Å². The van der Waals surface area contributed by atoms with Crippen LogP contribution in [0.5, 0.6) is 0 Å². The van der Waals surface area contributed by atoms with Gasteiger partial charge in [-0.25, -0.2) is 9.59 Å². The number of amides is 1. The molecule has 0 saturated carbocycles. The van der Waals surface area contributed by atoms with Crippen LogP contribution in [0.2, 0.25) is 0 Å². The van der Waals surface area contributed by atoms with Gasteiger partial charge in [-0.05, 0) is 33.6 Å². The summed E-state index contributed by atoms with van der Waals surface area (Å²) in [6.45, 7) is 13.5. The van der Waals surface area contributed by atoms with E-state index in [1.165, 1.54) is 11.8 Å². The van der Waals surface area contributed by atoms with Crippen molar-refractivity contribution in [2.45, 2.75) is 71.4 Å². The Hall–Kier alpha value is -1.24. The summed E-state index contributed by atoms with van der Waals surface area (Å²) < 4.78 is 10.4. The van der Waals surface area contributed by atoms with E-state index in [4.69, 9.17) is 9.47 Å². The second-order valence-corrected chi connectivity index (χ2v) is 8.25. The zero-order chi connectivity index (χ0) is 17.8. The number of aliphatic imine (C=N–C) groups is 1. The lowest BCUT2D eigenvalue weighted by atomic mass is 10.1. The van der Waals surface area contributed by atoms with E-state index < -0.39 is 17.7 Å². The highest BCUT2D eigenvalue weighted by Crippen LogP contribution is 2.31. The average molecular weight is 344 g/mol. The summed E-state index contributed by atoms with van der Waals surface area (Å²) in [5, 5.41) is 3.60. The van der Waals surface area contributed by atoms with Crippen molar-refractivity contribution in [3.05, 3.63) is 0 Å². The highest BCUT2D eigenvalue weighted by molar-refractivity contribution is 8.15. The molecule has 0 fully saturated rings. The van der Waals surface area contributed by atoms with Crippen molar-refractivity contribution < 1.29 is 19.1 Å². The minimum atomic E-state index is -0.559. The molecule has 1 heterocycles. The van der Waals surface area contributed by atoms with Crippen LogP contribution in [0.4, 0.5) is 4.79 Å². The van der Waals surface area contributed by atoms with Crippen molar-refractivity contribution in [1.29, 1.82) is 0 Å². The third kappa shape index (κ3) is 6.05. The summed E-state index contributed by atoms with van der Waals surface area (Å²) in [6, 6.07) is -0.798. The summed E-state index contributed by atoms with van der Waals surface area (Å²) in [7, 11) is 0. The number of thioether (sulfide) groups is 1. The fraction of sp³-hybridized carbons (Fsp3) is 0.812. The number of carbonyl (C=O) groups is 2. The van der Waals surface area contributed by atoms with E-state index in [-0.39, 0.29) is 23.2 Å². The molecule has 23 heavy (non-hydrogen) atoms. The number of alkyl carbamates (subject to hydrolysis) is 1. The molecule has 0 radical (unpaired) electrons. The maximum atomic E-state index is 12.0. The van der Waals surface area contributed by atoms with Crippen LogP contribution >= 0.6 is 11.8 Å². The van der Waals surface area contributed by atoms with E-state index in [9.17, 15) is 9.59 Å². The summed E-state index contributed by atoms with van der Waals surface area (Å²) in [5.74, 6) is -0.191. The van der Waals surface area contributed by atoms with Crippen molar-refractivity contribution in [3.63, 3.8) is 0 Å². The number of nitrogens with one attached hydrogen (secondary N) is 1. The number of hydrogen-bond donors (Lipinski definition) is 1. The monoisotopic (exact) mass is 344 g/mol. The number of esters is 1. The minimum Gasteiger partial charge on any atom is -0.464 e. The Balaban J connectivity index is 2.84. The lowest BCUT2D eigenvalue weighted by Gasteiger charge is -2.25. The number of nitrogens with zero attached hydrogens (tertiary/aromatic N) is 1. The first-order chi connectivity index (χ1) is 10.5. The Bertz CT molecular complexity index is 471. The maximum Gasteiger partial charge on any atom is 0.408 e. The Morgan fingerprint density at radius 2 is 1.96 bits per heavy atom. The van der Waals surface area contributed by atoms with Crippen LogP contribution in [0.1, 0.15) is 48.5 Å². The maximum absolute atomic E-state index is 12.0. The van der Waals surface area contributed by atoms with Gasteiger partial charge in [0.15, 0.2) is 6.04 Å². The molecule has 0 aromatic carbocycles. The van der Waals surface area contributed by atoms with Gasteiger partial charge in [-0.2, -0.15) is 0 Å². The molecule has 132 valence electrons. The van der Waals surface area contributed by atoms with Gasteiger partial charge in [0, 0.05) is 5.25 Å². The minimum absolute atomic E-state index is 0.00858. The first-order valence-electron chi connectivity index (χ1n) is 7.95. The van der Waals surface area contributed by atoms with Crippen molar-refractivity contribution >= 4 is 28.9 Å². The Labute approximate surface area is 142 Å². The van der Waals surface area contributed by atoms with Crippen LogP contribution in [0.25, 0.3) is 0 Å². The smallest absolute Gasteiger partial charge is 0.408 e. The van der Waals surface area contributed by atoms with Gasteiger partial charge in [0.05, 0.1) is 17.7 Å². The van der Waals surface area contributed by atoms with Crippen LogP contribution in [-0.2, 0) is 14.3 Å². The molecule has 2 unspecified atom stereocenters. The number of ether oxygens (including phenoxy) is 2. The Morgan fingerprint density at radius 3 is 2.43 bits per heavy atom. The van der Waals surface area contributed by atoms with Crippen molar-refractivity contribution in [2.75, 3.05) is 6.61 Å². The highest BCUT2D eigenvalue weighted by Gasteiger charge is 2.37. The van der Waals surface area contributed by atoms with Gasteiger partial charge in [0.1, 0.15) is 5.60 Å². The third-order valence-electron chi connectivity index (χ3n) is 3.15. The molecule has 0 aromatic rings. The molecule has 0 saturated heterocycles. The van der Waals surface area contributed by atoms with Gasteiger partial charge in [-0.1, -0.05) is 20.8 Å². The van der Waals surface area contributed by atoms with Gasteiger partial charge in [0.25, 0.3) is 0 Å². The molecule has 0 aromatic heterocycles. The fourth-order valence-corrected chi connectivity index (χ4v) is 3.43. The predicted molar refractivity (Wildman–Crippen MR) is 92.9 cm³/mol. The second kappa shape index (κ2) is 8.04. The first-order valence-corrected chi connectivity index (χ1v) is 8.83. The SMILES string of the molecule is CCOC(=O)C1N=C([C@@H](NC(=O)OC(C)(C)C)C(C)C)SC1C. The lowest BCUT2D eigenvalue weighted by molar-refractivity contribution is -0.144. The molecule has 6 nitrogen and oxygen atoms in total. The molecular formula is C16H28N2O4S. The third-order valence-corrected chi connectivity index (χ3v) is 4.38.